The molecule has 0 bridgehead atoms. The average molecular weight is 448 g/mol. The van der Waals surface area contributed by atoms with Crippen LogP contribution in [0.15, 0.2) is 18.2 Å². The number of amides is 1. The van der Waals surface area contributed by atoms with Gasteiger partial charge in [-0.05, 0) is 32.6 Å². The van der Waals surface area contributed by atoms with Gasteiger partial charge in [-0.1, -0.05) is 12.8 Å². The van der Waals surface area contributed by atoms with E-state index < -0.39 is 0 Å². The molecule has 2 fully saturated rings. The number of nitrogens with two attached hydrogens (primary N) is 1. The third-order valence-electron chi connectivity index (χ3n) is 6.08. The molecule has 3 rings (SSSR count). The topological polar surface area (TPSA) is 76.8 Å². The summed E-state index contributed by atoms with van der Waals surface area (Å²) >= 11 is 0. The summed E-state index contributed by atoms with van der Waals surface area (Å²) in [6.45, 7) is 3.60. The fourth-order valence-corrected chi connectivity index (χ4v) is 4.35. The standard InChI is InChI=1S/C21H33N3O3.2ClH/c1-21(22)9-5-4-6-19(21)20(25)24-10-7-15(8-11-24)23-16-12-17(26-2)14-18(13-16)27-3;;/h12-15,19,23H,4-11,22H2,1-3H3;2*1H. The molecular weight excluding hydrogens is 413 g/mol. The van der Waals surface area contributed by atoms with Crippen LogP contribution in [0.3, 0.4) is 0 Å². The summed E-state index contributed by atoms with van der Waals surface area (Å²) in [7, 11) is 3.30. The number of nitrogens with one attached hydrogen (secondary N) is 1. The Bertz CT molecular complexity index is 642. The molecule has 8 heteroatoms. The van der Waals surface area contributed by atoms with Crippen LogP contribution < -0.4 is 20.5 Å². The summed E-state index contributed by atoms with van der Waals surface area (Å²) in [5.74, 6) is 1.76. The second-order valence-electron chi connectivity index (χ2n) is 8.15. The van der Waals surface area contributed by atoms with Gasteiger partial charge in [-0.25, -0.2) is 0 Å². The molecule has 2 unspecified atom stereocenters. The number of methoxy groups -OCH3 is 2. The molecule has 1 aliphatic heterocycles. The fraction of sp³-hybridized carbons (Fsp3) is 0.667. The van der Waals surface area contributed by atoms with Crippen LogP contribution in [0.5, 0.6) is 11.5 Å². The summed E-state index contributed by atoms with van der Waals surface area (Å²) in [4.78, 5) is 15.0. The van der Waals surface area contributed by atoms with Crippen molar-refractivity contribution in [2.75, 3.05) is 32.6 Å². The number of rotatable bonds is 5. The van der Waals surface area contributed by atoms with Crippen LogP contribution in [-0.2, 0) is 4.79 Å². The van der Waals surface area contributed by atoms with Crippen molar-refractivity contribution < 1.29 is 14.3 Å². The van der Waals surface area contributed by atoms with Crippen molar-refractivity contribution >= 4 is 36.4 Å². The highest BCUT2D eigenvalue weighted by Gasteiger charge is 2.40. The van der Waals surface area contributed by atoms with Crippen molar-refractivity contribution in [3.05, 3.63) is 18.2 Å². The van der Waals surface area contributed by atoms with Gasteiger partial charge in [-0.2, -0.15) is 0 Å². The first kappa shape index (κ1) is 25.7. The summed E-state index contributed by atoms with van der Waals surface area (Å²) in [6, 6.07) is 6.14. The fourth-order valence-electron chi connectivity index (χ4n) is 4.35. The van der Waals surface area contributed by atoms with Gasteiger partial charge < -0.3 is 25.4 Å². The molecule has 0 radical (unpaired) electrons. The number of ether oxygens (including phenoxy) is 2. The maximum atomic E-state index is 13.0. The highest BCUT2D eigenvalue weighted by molar-refractivity contribution is 5.85. The van der Waals surface area contributed by atoms with E-state index in [9.17, 15) is 4.79 Å². The Morgan fingerprint density at radius 1 is 1.07 bits per heavy atom. The molecule has 3 N–H and O–H groups in total. The molecule has 6 nitrogen and oxygen atoms in total. The van der Waals surface area contributed by atoms with Crippen molar-refractivity contribution in [3.63, 3.8) is 0 Å². The molecule has 2 aliphatic rings. The van der Waals surface area contributed by atoms with Gasteiger partial charge in [0.15, 0.2) is 0 Å². The van der Waals surface area contributed by atoms with Gasteiger partial charge in [0.1, 0.15) is 11.5 Å². The van der Waals surface area contributed by atoms with Crippen LogP contribution in [0.25, 0.3) is 0 Å². The van der Waals surface area contributed by atoms with Gasteiger partial charge in [0, 0.05) is 48.6 Å². The molecule has 2 atom stereocenters. The van der Waals surface area contributed by atoms with Crippen LogP contribution in [0.1, 0.15) is 45.4 Å². The van der Waals surface area contributed by atoms with Crippen LogP contribution in [0, 0.1) is 5.92 Å². The molecule has 166 valence electrons. The zero-order chi connectivity index (χ0) is 19.4. The predicted octanol–water partition coefficient (Wildman–Crippen LogP) is 3.86. The Morgan fingerprint density at radius 2 is 1.66 bits per heavy atom. The Hall–Kier alpha value is -1.37. The van der Waals surface area contributed by atoms with E-state index in [2.05, 4.69) is 5.32 Å². The molecule has 1 saturated carbocycles. The van der Waals surface area contributed by atoms with E-state index >= 15 is 0 Å². The van der Waals surface area contributed by atoms with Gasteiger partial charge in [0.25, 0.3) is 0 Å². The minimum atomic E-state index is -0.360. The summed E-state index contributed by atoms with van der Waals surface area (Å²) < 4.78 is 10.7. The number of likely N-dealkylation sites (tertiary alicyclic amines) is 1. The lowest BCUT2D eigenvalue weighted by molar-refractivity contribution is -0.139. The largest absolute Gasteiger partial charge is 0.497 e. The number of nitrogens with zero attached hydrogens (tertiary/aromatic N) is 1. The van der Waals surface area contributed by atoms with Gasteiger partial charge in [-0.15, -0.1) is 24.8 Å². The summed E-state index contributed by atoms with van der Waals surface area (Å²) in [6.07, 6.45) is 5.97. The third kappa shape index (κ3) is 6.30. The Morgan fingerprint density at radius 3 is 2.17 bits per heavy atom. The predicted molar refractivity (Wildman–Crippen MR) is 122 cm³/mol. The minimum absolute atomic E-state index is 0. The van der Waals surface area contributed by atoms with E-state index in [0.29, 0.717) is 6.04 Å². The van der Waals surface area contributed by atoms with Gasteiger partial charge in [-0.3, -0.25) is 4.79 Å². The zero-order valence-electron chi connectivity index (χ0n) is 17.6. The SMILES string of the molecule is COc1cc(NC2CCN(C(=O)C3CCCCC3(C)N)CC2)cc(OC)c1.Cl.Cl. The molecule has 1 heterocycles. The molecule has 1 saturated heterocycles. The average Bonchev–Trinajstić information content (AvgIpc) is 2.67. The number of halogens is 2. The number of benzene rings is 1. The van der Waals surface area contributed by atoms with Crippen LogP contribution in [0.4, 0.5) is 5.69 Å². The lowest BCUT2D eigenvalue weighted by Crippen LogP contribution is -2.55. The maximum Gasteiger partial charge on any atom is 0.227 e. The number of hydrogen-bond donors (Lipinski definition) is 2. The first-order chi connectivity index (χ1) is 12.9. The van der Waals surface area contributed by atoms with E-state index in [1.54, 1.807) is 14.2 Å². The van der Waals surface area contributed by atoms with Crippen LogP contribution in [0.2, 0.25) is 0 Å². The van der Waals surface area contributed by atoms with E-state index in [1.165, 1.54) is 0 Å². The van der Waals surface area contributed by atoms with E-state index in [0.717, 1.165) is 68.8 Å². The minimum Gasteiger partial charge on any atom is -0.497 e. The smallest absolute Gasteiger partial charge is 0.227 e. The highest BCUT2D eigenvalue weighted by Crippen LogP contribution is 2.34. The quantitative estimate of drug-likeness (QED) is 0.716. The van der Waals surface area contributed by atoms with E-state index in [4.69, 9.17) is 15.2 Å². The van der Waals surface area contributed by atoms with Gasteiger partial charge in [0.05, 0.1) is 20.1 Å². The Kier molecular flexibility index (Phi) is 9.86. The van der Waals surface area contributed by atoms with Crippen molar-refractivity contribution in [1.29, 1.82) is 0 Å². The second-order valence-corrected chi connectivity index (χ2v) is 8.15. The number of carbonyl (C=O) groups excluding carboxylic acids is 1. The summed E-state index contributed by atoms with van der Waals surface area (Å²) in [5.41, 5.74) is 7.05. The third-order valence-corrected chi connectivity index (χ3v) is 6.08. The molecular formula is C21H35Cl2N3O3. The van der Waals surface area contributed by atoms with Crippen LogP contribution in [-0.4, -0.2) is 49.7 Å². The normalized spacial score (nSPS) is 24.7. The number of carbonyl (C=O) groups is 1. The molecule has 1 aliphatic carbocycles. The van der Waals surface area contributed by atoms with Crippen molar-refractivity contribution in [1.82, 2.24) is 4.90 Å². The molecule has 29 heavy (non-hydrogen) atoms. The van der Waals surface area contributed by atoms with Gasteiger partial charge in [0.2, 0.25) is 5.91 Å². The number of hydrogen-bond acceptors (Lipinski definition) is 5. The molecule has 1 aromatic rings. The molecule has 1 amide bonds. The Labute approximate surface area is 186 Å². The van der Waals surface area contributed by atoms with Crippen molar-refractivity contribution in [2.24, 2.45) is 11.7 Å². The maximum absolute atomic E-state index is 13.0. The zero-order valence-corrected chi connectivity index (χ0v) is 19.2. The van der Waals surface area contributed by atoms with E-state index in [1.807, 2.05) is 30.0 Å². The second kappa shape index (κ2) is 11.1. The number of anilines is 1. The van der Waals surface area contributed by atoms with Crippen molar-refractivity contribution in [2.45, 2.75) is 57.0 Å². The van der Waals surface area contributed by atoms with Crippen molar-refractivity contribution in [3.8, 4) is 11.5 Å². The lowest BCUT2D eigenvalue weighted by atomic mass is 9.74. The molecule has 0 spiro atoms. The molecule has 1 aromatic carbocycles. The monoisotopic (exact) mass is 447 g/mol. The number of piperidine rings is 1. The Balaban J connectivity index is 0.00000210. The van der Waals surface area contributed by atoms with E-state index in [-0.39, 0.29) is 42.2 Å². The first-order valence-corrected chi connectivity index (χ1v) is 10.00. The summed E-state index contributed by atoms with van der Waals surface area (Å²) in [5, 5.41) is 3.56. The first-order valence-electron chi connectivity index (χ1n) is 10.00. The lowest BCUT2D eigenvalue weighted by Gasteiger charge is -2.42. The van der Waals surface area contributed by atoms with Gasteiger partial charge >= 0.3 is 0 Å². The highest BCUT2D eigenvalue weighted by atomic mass is 35.5. The molecule has 0 aromatic heterocycles. The van der Waals surface area contributed by atoms with Crippen LogP contribution >= 0.6 is 24.8 Å².